The maximum atomic E-state index is 9.44. The first-order chi connectivity index (χ1) is 13.7. The van der Waals surface area contributed by atoms with E-state index in [1.165, 1.54) is 22.3 Å². The molecule has 0 heterocycles. The fourth-order valence-electron chi connectivity index (χ4n) is 4.86. The van der Waals surface area contributed by atoms with E-state index in [2.05, 4.69) is 60.7 Å². The summed E-state index contributed by atoms with van der Waals surface area (Å²) < 4.78 is 0. The van der Waals surface area contributed by atoms with Gasteiger partial charge in [-0.05, 0) is 75.6 Å². The van der Waals surface area contributed by atoms with Crippen LogP contribution in [0.15, 0.2) is 48.5 Å². The molecule has 0 radical (unpaired) electrons. The van der Waals surface area contributed by atoms with E-state index in [-0.39, 0.29) is 16.2 Å². The molecule has 0 unspecified atom stereocenters. The maximum Gasteiger partial charge on any atom is 0.0683 e. The van der Waals surface area contributed by atoms with Crippen molar-refractivity contribution in [1.29, 1.82) is 10.5 Å². The Hall–Kier alpha value is -2.58. The number of fused-ring (bicyclic) bond motifs is 3. The Morgan fingerprint density at radius 1 is 0.690 bits per heavy atom. The lowest BCUT2D eigenvalue weighted by molar-refractivity contribution is 0.339. The van der Waals surface area contributed by atoms with Crippen molar-refractivity contribution in [3.05, 3.63) is 59.7 Å². The predicted molar refractivity (Wildman–Crippen MR) is 119 cm³/mol. The van der Waals surface area contributed by atoms with Crippen LogP contribution >= 0.6 is 0 Å². The van der Waals surface area contributed by atoms with Gasteiger partial charge in [0.25, 0.3) is 0 Å². The summed E-state index contributed by atoms with van der Waals surface area (Å²) in [5.41, 5.74) is 4.94. The van der Waals surface area contributed by atoms with E-state index in [0.717, 1.165) is 38.5 Å². The smallest absolute Gasteiger partial charge is 0.0683 e. The topological polar surface area (TPSA) is 47.6 Å². The van der Waals surface area contributed by atoms with E-state index in [4.69, 9.17) is 0 Å². The molecule has 1 aliphatic carbocycles. The van der Waals surface area contributed by atoms with E-state index < -0.39 is 0 Å². The minimum absolute atomic E-state index is 0.0236. The van der Waals surface area contributed by atoms with Crippen molar-refractivity contribution in [2.45, 2.75) is 71.6 Å². The van der Waals surface area contributed by atoms with Crippen molar-refractivity contribution in [3.63, 3.8) is 0 Å². The Bertz CT molecular complexity index is 873. The molecule has 1 aliphatic rings. The molecule has 0 aliphatic heterocycles. The number of nitriles is 2. The third-order valence-corrected chi connectivity index (χ3v) is 6.59. The summed E-state index contributed by atoms with van der Waals surface area (Å²) in [5, 5.41) is 18.9. The molecule has 0 N–H and O–H groups in total. The third kappa shape index (κ3) is 4.23. The molecule has 2 heteroatoms. The minimum atomic E-state index is -0.290. The molecule has 0 fully saturated rings. The van der Waals surface area contributed by atoms with Crippen molar-refractivity contribution in [2.24, 2.45) is 10.8 Å². The zero-order valence-electron chi connectivity index (χ0n) is 18.3. The Morgan fingerprint density at radius 3 is 1.45 bits per heavy atom. The largest absolute Gasteiger partial charge is 0.198 e. The monoisotopic (exact) mass is 384 g/mol. The zero-order valence-corrected chi connectivity index (χ0v) is 18.3. The van der Waals surface area contributed by atoms with E-state index in [1.807, 2.05) is 27.7 Å². The van der Waals surface area contributed by atoms with Crippen LogP contribution in [0.2, 0.25) is 0 Å². The quantitative estimate of drug-likeness (QED) is 0.476. The molecule has 0 saturated heterocycles. The van der Waals surface area contributed by atoms with Crippen molar-refractivity contribution in [2.75, 3.05) is 0 Å². The van der Waals surface area contributed by atoms with E-state index in [9.17, 15) is 10.5 Å². The van der Waals surface area contributed by atoms with Crippen molar-refractivity contribution in [1.82, 2.24) is 0 Å². The maximum absolute atomic E-state index is 9.44. The van der Waals surface area contributed by atoms with Gasteiger partial charge in [-0.25, -0.2) is 0 Å². The molecule has 2 aromatic carbocycles. The molecule has 0 aromatic heterocycles. The van der Waals surface area contributed by atoms with Gasteiger partial charge < -0.3 is 0 Å². The summed E-state index contributed by atoms with van der Waals surface area (Å²) in [6.45, 7) is 8.13. The molecule has 0 bridgehead atoms. The second-order valence-corrected chi connectivity index (χ2v) is 9.87. The second-order valence-electron chi connectivity index (χ2n) is 9.87. The van der Waals surface area contributed by atoms with Crippen molar-refractivity contribution >= 4 is 0 Å². The van der Waals surface area contributed by atoms with Crippen molar-refractivity contribution < 1.29 is 0 Å². The lowest BCUT2D eigenvalue weighted by Crippen LogP contribution is -2.26. The highest BCUT2D eigenvalue weighted by atomic mass is 14.5. The van der Waals surface area contributed by atoms with E-state index >= 15 is 0 Å². The van der Waals surface area contributed by atoms with Gasteiger partial charge in [-0.15, -0.1) is 0 Å². The Balaban J connectivity index is 1.97. The number of hydrogen-bond donors (Lipinski definition) is 0. The zero-order chi connectivity index (χ0) is 21.1. The van der Waals surface area contributed by atoms with Crippen molar-refractivity contribution in [3.8, 4) is 23.3 Å². The van der Waals surface area contributed by atoms with Gasteiger partial charge in [0.1, 0.15) is 0 Å². The van der Waals surface area contributed by atoms with Gasteiger partial charge in [0.05, 0.1) is 23.0 Å². The van der Waals surface area contributed by atoms with Gasteiger partial charge in [-0.3, -0.25) is 0 Å². The van der Waals surface area contributed by atoms with Crippen LogP contribution in [0.25, 0.3) is 11.1 Å². The first-order valence-corrected chi connectivity index (χ1v) is 10.8. The first kappa shape index (κ1) is 21.1. The molecule has 150 valence electrons. The fourth-order valence-corrected chi connectivity index (χ4v) is 4.86. The molecule has 29 heavy (non-hydrogen) atoms. The standard InChI is InChI=1S/C27H32N2/c1-25(2,19-28)15-9-17-27(18-10-16-26(3,4)20-29)23-13-7-5-11-21(23)22-12-6-8-14-24(22)27/h5-8,11-14H,9-10,15-18H2,1-4H3. The van der Waals surface area contributed by atoms with Gasteiger partial charge in [0.15, 0.2) is 0 Å². The highest BCUT2D eigenvalue weighted by Gasteiger charge is 2.42. The van der Waals surface area contributed by atoms with Gasteiger partial charge in [-0.2, -0.15) is 10.5 Å². The molecule has 0 amide bonds. The molecule has 3 rings (SSSR count). The van der Waals surface area contributed by atoms with Crippen LogP contribution in [0.1, 0.15) is 77.3 Å². The summed E-state index contributed by atoms with van der Waals surface area (Å²) in [6, 6.07) is 22.5. The number of benzene rings is 2. The average molecular weight is 385 g/mol. The third-order valence-electron chi connectivity index (χ3n) is 6.59. The Kier molecular flexibility index (Phi) is 5.86. The summed E-state index contributed by atoms with van der Waals surface area (Å²) in [5.74, 6) is 0. The summed E-state index contributed by atoms with van der Waals surface area (Å²) in [6.07, 6.45) is 5.92. The molecule has 2 nitrogen and oxygen atoms in total. The minimum Gasteiger partial charge on any atom is -0.198 e. The summed E-state index contributed by atoms with van der Waals surface area (Å²) in [7, 11) is 0. The first-order valence-electron chi connectivity index (χ1n) is 10.8. The SMILES string of the molecule is CC(C)(C#N)CCCC1(CCCC(C)(C)C#N)c2ccccc2-c2ccccc21. The van der Waals surface area contributed by atoms with Crippen LogP contribution in [0, 0.1) is 33.5 Å². The summed E-state index contributed by atoms with van der Waals surface area (Å²) >= 11 is 0. The lowest BCUT2D eigenvalue weighted by atomic mass is 9.69. The van der Waals surface area contributed by atoms with Crippen LogP contribution in [0.3, 0.4) is 0 Å². The van der Waals surface area contributed by atoms with Gasteiger partial charge in [-0.1, -0.05) is 61.4 Å². The van der Waals surface area contributed by atoms with Gasteiger partial charge in [0, 0.05) is 5.41 Å². The average Bonchev–Trinajstić information content (AvgIpc) is 2.99. The molecule has 2 aromatic rings. The molecule has 0 saturated carbocycles. The van der Waals surface area contributed by atoms with Gasteiger partial charge >= 0.3 is 0 Å². The second kappa shape index (κ2) is 8.04. The Morgan fingerprint density at radius 2 is 1.07 bits per heavy atom. The summed E-state index contributed by atoms with van der Waals surface area (Å²) in [4.78, 5) is 0. The predicted octanol–water partition coefficient (Wildman–Crippen LogP) is 7.39. The fraction of sp³-hybridized carbons (Fsp3) is 0.481. The number of rotatable bonds is 8. The highest BCUT2D eigenvalue weighted by molar-refractivity contribution is 5.80. The van der Waals surface area contributed by atoms with Crippen LogP contribution in [0.4, 0.5) is 0 Å². The molecule has 0 spiro atoms. The van der Waals surface area contributed by atoms with E-state index in [0.29, 0.717) is 0 Å². The van der Waals surface area contributed by atoms with Crippen LogP contribution < -0.4 is 0 Å². The van der Waals surface area contributed by atoms with Crippen LogP contribution in [-0.4, -0.2) is 0 Å². The molecular weight excluding hydrogens is 352 g/mol. The van der Waals surface area contributed by atoms with Crippen LogP contribution in [0.5, 0.6) is 0 Å². The van der Waals surface area contributed by atoms with Crippen LogP contribution in [-0.2, 0) is 5.41 Å². The lowest BCUT2D eigenvalue weighted by Gasteiger charge is -2.34. The number of hydrogen-bond acceptors (Lipinski definition) is 2. The molecule has 0 atom stereocenters. The highest BCUT2D eigenvalue weighted by Crippen LogP contribution is 2.54. The normalized spacial score (nSPS) is 14.6. The van der Waals surface area contributed by atoms with Gasteiger partial charge in [0.2, 0.25) is 0 Å². The van der Waals surface area contributed by atoms with E-state index in [1.54, 1.807) is 0 Å². The molecular formula is C27H32N2. The number of nitrogens with zero attached hydrogens (tertiary/aromatic N) is 2. The Labute approximate surface area is 176 Å².